The molecule has 8 heteroatoms. The van der Waals surface area contributed by atoms with Crippen LogP contribution in [-0.4, -0.2) is 22.5 Å². The summed E-state index contributed by atoms with van der Waals surface area (Å²) in [6, 6.07) is 9.55. The molecular weight excluding hydrogens is 696 g/mol. The highest BCUT2D eigenvalue weighted by atomic mass is 127. The predicted molar refractivity (Wildman–Crippen MR) is 152 cm³/mol. The molecular formula is C24H26BrI2N3O2. The lowest BCUT2D eigenvalue weighted by atomic mass is 9.95. The minimum atomic E-state index is -0.356. The molecule has 0 saturated heterocycles. The van der Waals surface area contributed by atoms with Crippen molar-refractivity contribution in [2.75, 3.05) is 6.61 Å². The van der Waals surface area contributed by atoms with Crippen LogP contribution in [0.3, 0.4) is 0 Å². The van der Waals surface area contributed by atoms with Crippen LogP contribution in [0.2, 0.25) is 0 Å². The van der Waals surface area contributed by atoms with Crippen molar-refractivity contribution in [3.63, 3.8) is 0 Å². The first-order valence-electron chi connectivity index (χ1n) is 10.2. The van der Waals surface area contributed by atoms with E-state index in [0.717, 1.165) is 22.9 Å². The van der Waals surface area contributed by atoms with Gasteiger partial charge in [-0.05, 0) is 86.5 Å². The maximum absolute atomic E-state index is 13.3. The van der Waals surface area contributed by atoms with Crippen LogP contribution >= 0.6 is 61.1 Å². The lowest BCUT2D eigenvalue weighted by molar-refractivity contribution is 0.195. The zero-order chi connectivity index (χ0) is 23.8. The van der Waals surface area contributed by atoms with Gasteiger partial charge in [-0.2, -0.15) is 9.78 Å². The third-order valence-electron chi connectivity index (χ3n) is 4.47. The number of benzene rings is 2. The van der Waals surface area contributed by atoms with E-state index in [1.807, 2.05) is 45.0 Å². The van der Waals surface area contributed by atoms with Crippen LogP contribution in [0.15, 0.2) is 44.7 Å². The van der Waals surface area contributed by atoms with E-state index in [1.54, 1.807) is 12.3 Å². The highest BCUT2D eigenvalue weighted by Crippen LogP contribution is 2.30. The van der Waals surface area contributed by atoms with Crippen molar-refractivity contribution in [1.29, 1.82) is 0 Å². The van der Waals surface area contributed by atoms with Gasteiger partial charge in [0.1, 0.15) is 11.6 Å². The van der Waals surface area contributed by atoms with Crippen LogP contribution in [0.1, 0.15) is 52.9 Å². The van der Waals surface area contributed by atoms with Gasteiger partial charge in [-0.3, -0.25) is 4.79 Å². The molecule has 0 bridgehead atoms. The molecule has 3 aromatic rings. The molecule has 0 aliphatic rings. The normalized spacial score (nSPS) is 12.7. The standard InChI is InChI=1S/C24H26BrI2N3O2/c1-23(2,3)13-32-20-17(26)9-14(10-18(20)27)12-28-30-21(31)16-11-15(25)7-8-19(16)29-22(30)24(4,5)6/h7-12H,13H2,1-6H3. The van der Waals surface area contributed by atoms with Gasteiger partial charge in [0.15, 0.2) is 0 Å². The number of hydrogen-bond acceptors (Lipinski definition) is 4. The minimum Gasteiger partial charge on any atom is -0.491 e. The largest absolute Gasteiger partial charge is 0.491 e. The highest BCUT2D eigenvalue weighted by Gasteiger charge is 2.23. The fraction of sp³-hybridized carbons (Fsp3) is 0.375. The summed E-state index contributed by atoms with van der Waals surface area (Å²) in [4.78, 5) is 18.1. The van der Waals surface area contributed by atoms with Gasteiger partial charge in [0.2, 0.25) is 0 Å². The van der Waals surface area contributed by atoms with Crippen molar-refractivity contribution >= 4 is 78.2 Å². The topological polar surface area (TPSA) is 56.5 Å². The van der Waals surface area contributed by atoms with Crippen molar-refractivity contribution in [2.45, 2.75) is 47.0 Å². The van der Waals surface area contributed by atoms with Crippen molar-refractivity contribution in [2.24, 2.45) is 10.5 Å². The second kappa shape index (κ2) is 9.69. The molecule has 5 nitrogen and oxygen atoms in total. The summed E-state index contributed by atoms with van der Waals surface area (Å²) in [5.41, 5.74) is 1.09. The molecule has 0 unspecified atom stereocenters. The fourth-order valence-corrected chi connectivity index (χ4v) is 5.44. The Bertz CT molecular complexity index is 1230. The summed E-state index contributed by atoms with van der Waals surface area (Å²) in [6.45, 7) is 13.2. The van der Waals surface area contributed by atoms with Gasteiger partial charge in [-0.1, -0.05) is 57.5 Å². The molecule has 0 N–H and O–H groups in total. The van der Waals surface area contributed by atoms with Gasteiger partial charge >= 0.3 is 0 Å². The molecule has 1 aromatic heterocycles. The van der Waals surface area contributed by atoms with Gasteiger partial charge in [0.05, 0.1) is 30.9 Å². The summed E-state index contributed by atoms with van der Waals surface area (Å²) in [6.07, 6.45) is 1.71. The van der Waals surface area contributed by atoms with Gasteiger partial charge in [0, 0.05) is 9.89 Å². The number of nitrogens with zero attached hydrogens (tertiary/aromatic N) is 3. The lowest BCUT2D eigenvalue weighted by Crippen LogP contribution is -2.29. The Kier molecular flexibility index (Phi) is 7.76. The summed E-state index contributed by atoms with van der Waals surface area (Å²) >= 11 is 8.01. The molecule has 0 atom stereocenters. The van der Waals surface area contributed by atoms with Gasteiger partial charge < -0.3 is 4.74 Å². The number of rotatable bonds is 4. The molecule has 0 amide bonds. The second-order valence-electron chi connectivity index (χ2n) is 9.87. The maximum atomic E-state index is 13.3. The van der Waals surface area contributed by atoms with E-state index >= 15 is 0 Å². The molecule has 1 heterocycles. The van der Waals surface area contributed by atoms with E-state index in [0.29, 0.717) is 23.3 Å². The average Bonchev–Trinajstić information content (AvgIpc) is 2.65. The zero-order valence-electron chi connectivity index (χ0n) is 19.0. The quantitative estimate of drug-likeness (QED) is 0.216. The number of hydrogen-bond donors (Lipinski definition) is 0. The van der Waals surface area contributed by atoms with Crippen molar-refractivity contribution in [3.8, 4) is 5.75 Å². The summed E-state index contributed by atoms with van der Waals surface area (Å²) in [5, 5.41) is 5.10. The Hall–Kier alpha value is -1.01. The smallest absolute Gasteiger partial charge is 0.282 e. The van der Waals surface area contributed by atoms with Crippen molar-refractivity contribution in [1.82, 2.24) is 9.66 Å². The van der Waals surface area contributed by atoms with E-state index in [4.69, 9.17) is 9.72 Å². The molecule has 0 radical (unpaired) electrons. The van der Waals surface area contributed by atoms with E-state index in [2.05, 4.69) is 87.0 Å². The van der Waals surface area contributed by atoms with Crippen LogP contribution in [0, 0.1) is 12.6 Å². The molecule has 170 valence electrons. The van der Waals surface area contributed by atoms with Gasteiger partial charge in [0.25, 0.3) is 5.56 Å². The molecule has 0 aliphatic heterocycles. The Morgan fingerprint density at radius 3 is 2.28 bits per heavy atom. The number of halogens is 3. The third-order valence-corrected chi connectivity index (χ3v) is 6.57. The third kappa shape index (κ3) is 6.11. The molecule has 0 saturated carbocycles. The fourth-order valence-electron chi connectivity index (χ4n) is 2.95. The van der Waals surface area contributed by atoms with Crippen molar-refractivity contribution < 1.29 is 4.74 Å². The molecule has 2 aromatic carbocycles. The summed E-state index contributed by atoms with van der Waals surface area (Å²) in [5.74, 6) is 1.49. The highest BCUT2D eigenvalue weighted by molar-refractivity contribution is 14.1. The Labute approximate surface area is 224 Å². The van der Waals surface area contributed by atoms with Gasteiger partial charge in [-0.25, -0.2) is 4.98 Å². The van der Waals surface area contributed by atoms with Crippen LogP contribution in [0.4, 0.5) is 0 Å². The number of aromatic nitrogens is 2. The van der Waals surface area contributed by atoms with E-state index in [1.165, 1.54) is 4.68 Å². The molecule has 3 rings (SSSR count). The predicted octanol–water partition coefficient (Wildman–Crippen LogP) is 6.97. The zero-order valence-corrected chi connectivity index (χ0v) is 24.9. The van der Waals surface area contributed by atoms with Crippen LogP contribution in [0.25, 0.3) is 10.9 Å². The second-order valence-corrected chi connectivity index (χ2v) is 13.1. The Balaban J connectivity index is 2.06. The average molecular weight is 722 g/mol. The van der Waals surface area contributed by atoms with Crippen LogP contribution in [0.5, 0.6) is 5.75 Å². The Morgan fingerprint density at radius 1 is 1.09 bits per heavy atom. The molecule has 0 aliphatic carbocycles. The first-order valence-corrected chi connectivity index (χ1v) is 13.1. The SMILES string of the molecule is CC(C)(C)COc1c(I)cc(C=Nn2c(C(C)(C)C)nc3ccc(Br)cc3c2=O)cc1I. The maximum Gasteiger partial charge on any atom is 0.282 e. The van der Waals surface area contributed by atoms with E-state index in [-0.39, 0.29) is 16.4 Å². The van der Waals surface area contributed by atoms with E-state index in [9.17, 15) is 4.79 Å². The van der Waals surface area contributed by atoms with Crippen LogP contribution in [-0.2, 0) is 5.41 Å². The minimum absolute atomic E-state index is 0.0783. The van der Waals surface area contributed by atoms with E-state index < -0.39 is 0 Å². The number of fused-ring (bicyclic) bond motifs is 1. The molecule has 0 spiro atoms. The monoisotopic (exact) mass is 721 g/mol. The Morgan fingerprint density at radius 2 is 1.72 bits per heavy atom. The molecule has 0 fully saturated rings. The first-order chi connectivity index (χ1) is 14.8. The summed E-state index contributed by atoms with van der Waals surface area (Å²) in [7, 11) is 0. The van der Waals surface area contributed by atoms with Crippen LogP contribution < -0.4 is 10.3 Å². The van der Waals surface area contributed by atoms with Gasteiger partial charge in [-0.15, -0.1) is 0 Å². The summed E-state index contributed by atoms with van der Waals surface area (Å²) < 4.78 is 10.3. The molecule has 32 heavy (non-hydrogen) atoms. The lowest BCUT2D eigenvalue weighted by Gasteiger charge is -2.21. The number of ether oxygens (including phenoxy) is 1. The first kappa shape index (κ1) is 25.6. The van der Waals surface area contributed by atoms with Crippen molar-refractivity contribution in [3.05, 3.63) is 63.7 Å².